The molecule has 100 valence electrons. The van der Waals surface area contributed by atoms with Gasteiger partial charge in [-0.3, -0.25) is 4.98 Å². The molecule has 2 nitrogen and oxygen atoms in total. The van der Waals surface area contributed by atoms with Crippen molar-refractivity contribution in [1.29, 1.82) is 0 Å². The van der Waals surface area contributed by atoms with Crippen LogP contribution in [0.25, 0.3) is 11.3 Å². The second-order valence-electron chi connectivity index (χ2n) is 3.86. The summed E-state index contributed by atoms with van der Waals surface area (Å²) in [5.74, 6) is 0. The number of pyridine rings is 1. The molecule has 2 rings (SSSR count). The van der Waals surface area contributed by atoms with Gasteiger partial charge in [-0.1, -0.05) is 17.7 Å². The van der Waals surface area contributed by atoms with E-state index in [4.69, 9.17) is 16.7 Å². The Morgan fingerprint density at radius 1 is 1.21 bits per heavy atom. The minimum Gasteiger partial charge on any atom is -0.392 e. The minimum absolute atomic E-state index is 0.0958. The molecule has 0 radical (unpaired) electrons. The van der Waals surface area contributed by atoms with E-state index in [1.165, 1.54) is 18.3 Å². The van der Waals surface area contributed by atoms with Crippen LogP contribution in [0.15, 0.2) is 36.5 Å². The first-order valence-electron chi connectivity index (χ1n) is 5.35. The lowest BCUT2D eigenvalue weighted by Crippen LogP contribution is -2.08. The van der Waals surface area contributed by atoms with E-state index in [1.54, 1.807) is 12.1 Å². The molecule has 2 aromatic rings. The number of nitrogens with zero attached hydrogens (tertiary/aromatic N) is 1. The predicted octanol–water partition coefficient (Wildman–Crippen LogP) is 3.91. The van der Waals surface area contributed by atoms with Gasteiger partial charge in [0.25, 0.3) is 0 Å². The summed E-state index contributed by atoms with van der Waals surface area (Å²) in [5, 5.41) is 8.98. The van der Waals surface area contributed by atoms with Gasteiger partial charge in [0.1, 0.15) is 0 Å². The number of halogens is 4. The van der Waals surface area contributed by atoms with Gasteiger partial charge >= 0.3 is 6.18 Å². The molecule has 1 aromatic heterocycles. The maximum absolute atomic E-state index is 13.0. The van der Waals surface area contributed by atoms with Crippen molar-refractivity contribution in [3.8, 4) is 11.3 Å². The number of hydrogen-bond acceptors (Lipinski definition) is 2. The minimum atomic E-state index is -4.54. The Kier molecular flexibility index (Phi) is 3.78. The molecule has 0 fully saturated rings. The van der Waals surface area contributed by atoms with E-state index in [2.05, 4.69) is 4.98 Å². The molecule has 0 aliphatic carbocycles. The first-order chi connectivity index (χ1) is 8.93. The van der Waals surface area contributed by atoms with E-state index in [-0.39, 0.29) is 21.8 Å². The van der Waals surface area contributed by atoms with E-state index in [1.807, 2.05) is 0 Å². The second-order valence-corrected chi connectivity index (χ2v) is 4.27. The fraction of sp³-hybridized carbons (Fsp3) is 0.154. The van der Waals surface area contributed by atoms with Crippen LogP contribution in [-0.2, 0) is 12.8 Å². The average Bonchev–Trinajstić information content (AvgIpc) is 2.38. The largest absolute Gasteiger partial charge is 0.417 e. The third-order valence-corrected chi connectivity index (χ3v) is 2.96. The maximum atomic E-state index is 13.0. The van der Waals surface area contributed by atoms with Crippen molar-refractivity contribution in [1.82, 2.24) is 4.98 Å². The van der Waals surface area contributed by atoms with Crippen molar-refractivity contribution >= 4 is 11.6 Å². The number of benzene rings is 1. The molecule has 0 aliphatic rings. The van der Waals surface area contributed by atoms with Gasteiger partial charge in [-0.15, -0.1) is 0 Å². The van der Waals surface area contributed by atoms with E-state index < -0.39 is 18.3 Å². The molecule has 1 aromatic carbocycles. The highest BCUT2D eigenvalue weighted by molar-refractivity contribution is 6.31. The molecule has 0 spiro atoms. The van der Waals surface area contributed by atoms with Gasteiger partial charge in [-0.05, 0) is 29.8 Å². The van der Waals surface area contributed by atoms with Crippen LogP contribution in [0.3, 0.4) is 0 Å². The van der Waals surface area contributed by atoms with Crippen LogP contribution in [0.4, 0.5) is 13.2 Å². The highest BCUT2D eigenvalue weighted by Crippen LogP contribution is 2.39. The van der Waals surface area contributed by atoms with E-state index >= 15 is 0 Å². The summed E-state index contributed by atoms with van der Waals surface area (Å²) < 4.78 is 39.0. The number of alkyl halides is 3. The van der Waals surface area contributed by atoms with Gasteiger partial charge in [0.15, 0.2) is 0 Å². The Hall–Kier alpha value is -1.59. The molecule has 0 saturated carbocycles. The molecular weight excluding hydrogens is 279 g/mol. The summed E-state index contributed by atoms with van der Waals surface area (Å²) >= 11 is 5.71. The molecule has 19 heavy (non-hydrogen) atoms. The standard InChI is InChI=1S/C13H9ClF3NO/c14-11-6-10(13(15,16)17)9(5-8(11)7-19)12-3-1-2-4-18-12/h1-6,19H,7H2. The highest BCUT2D eigenvalue weighted by atomic mass is 35.5. The predicted molar refractivity (Wildman–Crippen MR) is 65.6 cm³/mol. The normalized spacial score (nSPS) is 11.6. The summed E-state index contributed by atoms with van der Waals surface area (Å²) in [5.41, 5.74) is -0.550. The van der Waals surface area contributed by atoms with Gasteiger partial charge in [-0.25, -0.2) is 0 Å². The molecule has 0 bridgehead atoms. The van der Waals surface area contributed by atoms with Crippen molar-refractivity contribution < 1.29 is 18.3 Å². The summed E-state index contributed by atoms with van der Waals surface area (Å²) in [6.07, 6.45) is -3.13. The second kappa shape index (κ2) is 5.19. The van der Waals surface area contributed by atoms with Crippen molar-refractivity contribution in [3.05, 3.63) is 52.7 Å². The smallest absolute Gasteiger partial charge is 0.392 e. The fourth-order valence-electron chi connectivity index (χ4n) is 1.71. The topological polar surface area (TPSA) is 33.1 Å². The number of rotatable bonds is 2. The van der Waals surface area contributed by atoms with E-state index in [0.29, 0.717) is 0 Å². The third-order valence-electron chi connectivity index (χ3n) is 2.60. The quantitative estimate of drug-likeness (QED) is 0.908. The average molecular weight is 288 g/mol. The number of aliphatic hydroxyl groups excluding tert-OH is 1. The van der Waals surface area contributed by atoms with E-state index in [9.17, 15) is 13.2 Å². The molecule has 6 heteroatoms. The summed E-state index contributed by atoms with van der Waals surface area (Å²) in [6, 6.07) is 6.71. The van der Waals surface area contributed by atoms with Crippen LogP contribution in [-0.4, -0.2) is 10.1 Å². The number of hydrogen-bond donors (Lipinski definition) is 1. The van der Waals surface area contributed by atoms with Crippen molar-refractivity contribution in [2.75, 3.05) is 0 Å². The zero-order chi connectivity index (χ0) is 14.0. The summed E-state index contributed by atoms with van der Waals surface area (Å²) in [7, 11) is 0. The number of aromatic nitrogens is 1. The lowest BCUT2D eigenvalue weighted by molar-refractivity contribution is -0.137. The Bertz CT molecular complexity index is 584. The van der Waals surface area contributed by atoms with Crippen LogP contribution in [0.2, 0.25) is 5.02 Å². The van der Waals surface area contributed by atoms with Gasteiger partial charge in [0.05, 0.1) is 17.9 Å². The lowest BCUT2D eigenvalue weighted by Gasteiger charge is -2.15. The summed E-state index contributed by atoms with van der Waals surface area (Å²) in [4.78, 5) is 3.90. The van der Waals surface area contributed by atoms with Crippen molar-refractivity contribution in [2.24, 2.45) is 0 Å². The van der Waals surface area contributed by atoms with Crippen LogP contribution >= 0.6 is 11.6 Å². The first-order valence-corrected chi connectivity index (χ1v) is 5.73. The van der Waals surface area contributed by atoms with Crippen LogP contribution < -0.4 is 0 Å². The lowest BCUT2D eigenvalue weighted by atomic mass is 10.0. The highest BCUT2D eigenvalue weighted by Gasteiger charge is 2.34. The Labute approximate surface area is 112 Å². The van der Waals surface area contributed by atoms with Gasteiger partial charge in [0.2, 0.25) is 0 Å². The Morgan fingerprint density at radius 3 is 2.47 bits per heavy atom. The van der Waals surface area contributed by atoms with Gasteiger partial charge in [-0.2, -0.15) is 13.2 Å². The molecule has 0 aliphatic heterocycles. The zero-order valence-corrected chi connectivity index (χ0v) is 10.3. The van der Waals surface area contributed by atoms with Crippen LogP contribution in [0.1, 0.15) is 11.1 Å². The SMILES string of the molecule is OCc1cc(-c2ccccn2)c(C(F)(F)F)cc1Cl. The Morgan fingerprint density at radius 2 is 1.95 bits per heavy atom. The molecule has 0 unspecified atom stereocenters. The van der Waals surface area contributed by atoms with Crippen LogP contribution in [0, 0.1) is 0 Å². The summed E-state index contributed by atoms with van der Waals surface area (Å²) in [6.45, 7) is -0.434. The fourth-order valence-corrected chi connectivity index (χ4v) is 1.93. The molecular formula is C13H9ClF3NO. The molecule has 1 N–H and O–H groups in total. The van der Waals surface area contributed by atoms with Gasteiger partial charge < -0.3 is 5.11 Å². The molecule has 0 saturated heterocycles. The Balaban J connectivity index is 2.70. The van der Waals surface area contributed by atoms with Gasteiger partial charge in [0, 0.05) is 16.8 Å². The molecule has 0 atom stereocenters. The van der Waals surface area contributed by atoms with Crippen molar-refractivity contribution in [2.45, 2.75) is 12.8 Å². The third kappa shape index (κ3) is 2.88. The number of aliphatic hydroxyl groups is 1. The van der Waals surface area contributed by atoms with Crippen LogP contribution in [0.5, 0.6) is 0 Å². The van der Waals surface area contributed by atoms with E-state index in [0.717, 1.165) is 6.07 Å². The first kappa shape index (κ1) is 13.8. The zero-order valence-electron chi connectivity index (χ0n) is 9.58. The maximum Gasteiger partial charge on any atom is 0.417 e. The monoisotopic (exact) mass is 287 g/mol. The molecule has 1 heterocycles. The molecule has 0 amide bonds. The van der Waals surface area contributed by atoms with Crippen molar-refractivity contribution in [3.63, 3.8) is 0 Å².